The van der Waals surface area contributed by atoms with Crippen molar-refractivity contribution in [2.24, 2.45) is 0 Å². The molecule has 4 heteroatoms. The second kappa shape index (κ2) is 11.7. The van der Waals surface area contributed by atoms with Gasteiger partial charge in [0.2, 0.25) is 0 Å². The summed E-state index contributed by atoms with van der Waals surface area (Å²) in [6.07, 6.45) is 0. The number of aromatic nitrogens is 3. The molecule has 53 heavy (non-hydrogen) atoms. The summed E-state index contributed by atoms with van der Waals surface area (Å²) in [5, 5.41) is 11.4. The van der Waals surface area contributed by atoms with Crippen molar-refractivity contribution in [1.29, 1.82) is 0 Å². The van der Waals surface area contributed by atoms with Crippen LogP contribution in [0.2, 0.25) is 0 Å². The van der Waals surface area contributed by atoms with Gasteiger partial charge in [-0.1, -0.05) is 152 Å². The Morgan fingerprint density at radius 1 is 0.302 bits per heavy atom. The highest BCUT2D eigenvalue weighted by Crippen LogP contribution is 2.46. The molecule has 0 saturated carbocycles. The van der Waals surface area contributed by atoms with Gasteiger partial charge in [0.1, 0.15) is 11.2 Å². The van der Waals surface area contributed by atoms with Crippen LogP contribution >= 0.6 is 0 Å². The van der Waals surface area contributed by atoms with E-state index in [0.717, 1.165) is 65.7 Å². The van der Waals surface area contributed by atoms with Gasteiger partial charge in [-0.2, -0.15) is 0 Å². The lowest BCUT2D eigenvalue weighted by Gasteiger charge is -2.16. The van der Waals surface area contributed by atoms with Crippen molar-refractivity contribution in [3.05, 3.63) is 176 Å². The van der Waals surface area contributed by atoms with E-state index in [2.05, 4.69) is 146 Å². The summed E-state index contributed by atoms with van der Waals surface area (Å²) in [6.45, 7) is 0. The van der Waals surface area contributed by atoms with Crippen molar-refractivity contribution < 1.29 is 4.42 Å². The Morgan fingerprint density at radius 3 is 1.79 bits per heavy atom. The van der Waals surface area contributed by atoms with E-state index >= 15 is 0 Å². The summed E-state index contributed by atoms with van der Waals surface area (Å²) < 4.78 is 6.65. The molecule has 2 aromatic heterocycles. The van der Waals surface area contributed by atoms with Crippen LogP contribution in [0.1, 0.15) is 0 Å². The Labute approximate surface area is 304 Å². The van der Waals surface area contributed by atoms with Crippen LogP contribution in [-0.2, 0) is 0 Å². The van der Waals surface area contributed by atoms with Gasteiger partial charge in [0.15, 0.2) is 17.5 Å². The first-order valence-corrected chi connectivity index (χ1v) is 17.9. The Kier molecular flexibility index (Phi) is 6.52. The van der Waals surface area contributed by atoms with Crippen molar-refractivity contribution >= 4 is 65.0 Å². The first-order chi connectivity index (χ1) is 26.3. The third-order valence-electron chi connectivity index (χ3n) is 10.5. The van der Waals surface area contributed by atoms with Crippen LogP contribution in [0.4, 0.5) is 0 Å². The van der Waals surface area contributed by atoms with Gasteiger partial charge in [-0.05, 0) is 73.1 Å². The van der Waals surface area contributed by atoms with Crippen molar-refractivity contribution in [3.63, 3.8) is 0 Å². The zero-order chi connectivity index (χ0) is 34.9. The summed E-state index contributed by atoms with van der Waals surface area (Å²) >= 11 is 0. The summed E-state index contributed by atoms with van der Waals surface area (Å²) in [7, 11) is 0. The predicted molar refractivity (Wildman–Crippen MR) is 219 cm³/mol. The molecule has 0 saturated heterocycles. The average Bonchev–Trinajstić information content (AvgIpc) is 3.61. The molecule has 0 N–H and O–H groups in total. The van der Waals surface area contributed by atoms with Crippen molar-refractivity contribution in [2.75, 3.05) is 0 Å². The molecule has 0 spiro atoms. The van der Waals surface area contributed by atoms with E-state index < -0.39 is 0 Å². The molecule has 9 aromatic carbocycles. The van der Waals surface area contributed by atoms with Crippen molar-refractivity contribution in [2.45, 2.75) is 0 Å². The molecule has 4 nitrogen and oxygen atoms in total. The lowest BCUT2D eigenvalue weighted by Crippen LogP contribution is -2.01. The first-order valence-electron chi connectivity index (χ1n) is 17.9. The normalized spacial score (nSPS) is 11.8. The summed E-state index contributed by atoms with van der Waals surface area (Å²) in [5.74, 6) is 1.83. The smallest absolute Gasteiger partial charge is 0.164 e. The fourth-order valence-electron chi connectivity index (χ4n) is 8.03. The number of rotatable bonds is 4. The molecule has 11 aromatic rings. The Bertz CT molecular complexity index is 3230. The predicted octanol–water partition coefficient (Wildman–Crippen LogP) is 13.1. The fraction of sp³-hybridized carbons (Fsp3) is 0. The molecule has 0 aliphatic rings. The van der Waals surface area contributed by atoms with E-state index in [1.165, 1.54) is 27.1 Å². The van der Waals surface area contributed by atoms with Crippen molar-refractivity contribution in [3.8, 4) is 45.3 Å². The molecular formula is C49H29N3O. The van der Waals surface area contributed by atoms with Gasteiger partial charge >= 0.3 is 0 Å². The highest BCUT2D eigenvalue weighted by molar-refractivity contribution is 6.31. The number of hydrogen-bond acceptors (Lipinski definition) is 4. The molecule has 0 aliphatic heterocycles. The highest BCUT2D eigenvalue weighted by atomic mass is 16.3. The van der Waals surface area contributed by atoms with Crippen LogP contribution in [0.25, 0.3) is 110 Å². The summed E-state index contributed by atoms with van der Waals surface area (Å²) in [5.41, 5.74) is 6.73. The molecule has 0 amide bonds. The molecule has 0 aliphatic carbocycles. The Balaban J connectivity index is 1.29. The molecule has 0 fully saturated rings. The number of nitrogens with zero attached hydrogens (tertiary/aromatic N) is 3. The maximum Gasteiger partial charge on any atom is 0.164 e. The number of fused-ring (bicyclic) bond motifs is 9. The SMILES string of the molecule is c1ccc(-c2nc(-c3ccc4ccccc4c3)nc(-c3cc4oc5ccccc5c4c4c3cc(-c3cccc5ccccc35)c3ccccc34)n2)cc1. The number of hydrogen-bond donors (Lipinski definition) is 0. The molecule has 246 valence electrons. The molecule has 0 radical (unpaired) electrons. The van der Waals surface area contributed by atoms with Gasteiger partial charge in [0.25, 0.3) is 0 Å². The molecule has 2 heterocycles. The highest BCUT2D eigenvalue weighted by Gasteiger charge is 2.22. The zero-order valence-corrected chi connectivity index (χ0v) is 28.5. The Morgan fingerprint density at radius 2 is 0.943 bits per heavy atom. The van der Waals surface area contributed by atoms with Crippen LogP contribution in [-0.4, -0.2) is 15.0 Å². The standard InChI is InChI=1S/C49H29N3O/c1-2-15-32(16-3-1)47-50-48(34-26-25-30-13-4-5-17-33(30)27-34)52-49(51-47)42-29-44-46(39-22-10-11-24-43(39)53-44)45-38-21-9-8-20-37(38)40(28-41(42)45)36-23-12-18-31-14-6-7-19-35(31)36/h1-29H. The Hall–Kier alpha value is -7.17. The lowest BCUT2D eigenvalue weighted by molar-refractivity contribution is 0.669. The van der Waals surface area contributed by atoms with E-state index in [1.807, 2.05) is 30.3 Å². The van der Waals surface area contributed by atoms with Crippen LogP contribution in [0.5, 0.6) is 0 Å². The van der Waals surface area contributed by atoms with Gasteiger partial charge in [-0.3, -0.25) is 0 Å². The second-order valence-electron chi connectivity index (χ2n) is 13.5. The molecule has 0 unspecified atom stereocenters. The monoisotopic (exact) mass is 675 g/mol. The third-order valence-corrected chi connectivity index (χ3v) is 10.5. The summed E-state index contributed by atoms with van der Waals surface area (Å²) in [4.78, 5) is 15.6. The van der Waals surface area contributed by atoms with E-state index in [-0.39, 0.29) is 0 Å². The van der Waals surface area contributed by atoms with Gasteiger partial charge < -0.3 is 4.42 Å². The van der Waals surface area contributed by atoms with E-state index in [9.17, 15) is 0 Å². The second-order valence-corrected chi connectivity index (χ2v) is 13.5. The van der Waals surface area contributed by atoms with Gasteiger partial charge in [-0.15, -0.1) is 0 Å². The average molecular weight is 676 g/mol. The van der Waals surface area contributed by atoms with Crippen LogP contribution < -0.4 is 0 Å². The first kappa shape index (κ1) is 29.5. The van der Waals surface area contributed by atoms with Gasteiger partial charge in [0.05, 0.1) is 0 Å². The van der Waals surface area contributed by atoms with E-state index in [0.29, 0.717) is 17.5 Å². The van der Waals surface area contributed by atoms with E-state index in [4.69, 9.17) is 19.4 Å². The van der Waals surface area contributed by atoms with Crippen LogP contribution in [0, 0.1) is 0 Å². The van der Waals surface area contributed by atoms with E-state index in [1.54, 1.807) is 0 Å². The minimum absolute atomic E-state index is 0.591. The number of para-hydroxylation sites is 1. The topological polar surface area (TPSA) is 51.8 Å². The quantitative estimate of drug-likeness (QED) is 0.174. The zero-order valence-electron chi connectivity index (χ0n) is 28.5. The maximum absolute atomic E-state index is 6.65. The van der Waals surface area contributed by atoms with Crippen LogP contribution in [0.15, 0.2) is 180 Å². The minimum atomic E-state index is 0.591. The van der Waals surface area contributed by atoms with Gasteiger partial charge in [0, 0.05) is 32.8 Å². The van der Waals surface area contributed by atoms with Crippen molar-refractivity contribution in [1.82, 2.24) is 15.0 Å². The maximum atomic E-state index is 6.65. The molecule has 11 rings (SSSR count). The lowest BCUT2D eigenvalue weighted by atomic mass is 9.87. The summed E-state index contributed by atoms with van der Waals surface area (Å²) in [6, 6.07) is 61.6. The largest absolute Gasteiger partial charge is 0.456 e. The molecule has 0 bridgehead atoms. The molecular weight excluding hydrogens is 647 g/mol. The number of furan rings is 1. The third kappa shape index (κ3) is 4.73. The number of benzene rings is 9. The minimum Gasteiger partial charge on any atom is -0.456 e. The fourth-order valence-corrected chi connectivity index (χ4v) is 8.03. The van der Waals surface area contributed by atoms with Crippen LogP contribution in [0.3, 0.4) is 0 Å². The molecule has 0 atom stereocenters. The van der Waals surface area contributed by atoms with Gasteiger partial charge in [-0.25, -0.2) is 15.0 Å².